The number of anilines is 1. The summed E-state index contributed by atoms with van der Waals surface area (Å²) in [4.78, 5) is 12.2. The first-order valence-corrected chi connectivity index (χ1v) is 4.00. The van der Waals surface area contributed by atoms with Gasteiger partial charge in [0.1, 0.15) is 12.0 Å². The number of fused-ring (bicyclic) bond motifs is 3. The molecule has 1 N–H and O–H groups in total. The van der Waals surface area contributed by atoms with Gasteiger partial charge in [0.2, 0.25) is 0 Å². The van der Waals surface area contributed by atoms with Gasteiger partial charge in [0.25, 0.3) is 0 Å². The van der Waals surface area contributed by atoms with E-state index < -0.39 is 0 Å². The van der Waals surface area contributed by atoms with Crippen LogP contribution in [0.2, 0.25) is 0 Å². The molecule has 0 radical (unpaired) electrons. The summed E-state index contributed by atoms with van der Waals surface area (Å²) < 4.78 is 1.99. The summed E-state index contributed by atoms with van der Waals surface area (Å²) in [5.41, 5.74) is 2.09. The lowest BCUT2D eigenvalue weighted by atomic mass is 10.3. The molecular weight excluding hydrogens is 166 g/mol. The molecule has 1 aliphatic rings. The average molecular weight is 173 g/mol. The fourth-order valence-electron chi connectivity index (χ4n) is 1.48. The molecule has 64 valence electrons. The van der Waals surface area contributed by atoms with Gasteiger partial charge in [-0.15, -0.1) is 0 Å². The zero-order valence-corrected chi connectivity index (χ0v) is 6.81. The first kappa shape index (κ1) is 6.59. The number of imidazole rings is 1. The second-order valence-electron chi connectivity index (χ2n) is 2.87. The van der Waals surface area contributed by atoms with Gasteiger partial charge in [-0.1, -0.05) is 0 Å². The molecule has 2 aromatic rings. The fourth-order valence-corrected chi connectivity index (χ4v) is 1.48. The molecule has 3 rings (SSSR count). The van der Waals surface area contributed by atoms with Crippen LogP contribution in [0.4, 0.5) is 5.82 Å². The molecule has 0 aliphatic carbocycles. The van der Waals surface area contributed by atoms with E-state index in [0.717, 1.165) is 23.7 Å². The van der Waals surface area contributed by atoms with Gasteiger partial charge in [0.15, 0.2) is 5.82 Å². The first-order valence-electron chi connectivity index (χ1n) is 4.00. The normalized spacial score (nSPS) is 12.9. The van der Waals surface area contributed by atoms with Crippen LogP contribution in [0.3, 0.4) is 0 Å². The van der Waals surface area contributed by atoms with Crippen molar-refractivity contribution in [3.05, 3.63) is 30.7 Å². The van der Waals surface area contributed by atoms with Gasteiger partial charge in [-0.05, 0) is 0 Å². The lowest BCUT2D eigenvalue weighted by Gasteiger charge is -2.17. The minimum atomic E-state index is 0.768. The molecule has 0 saturated heterocycles. The molecule has 5 nitrogen and oxygen atoms in total. The fraction of sp³-hybridized carbons (Fsp3) is 0.125. The molecule has 0 spiro atoms. The zero-order chi connectivity index (χ0) is 8.67. The van der Waals surface area contributed by atoms with E-state index in [1.165, 1.54) is 6.33 Å². The third-order valence-corrected chi connectivity index (χ3v) is 2.10. The number of nitrogens with zero attached hydrogens (tertiary/aromatic N) is 4. The summed E-state index contributed by atoms with van der Waals surface area (Å²) in [6.45, 7) is 0.768. The third-order valence-electron chi connectivity index (χ3n) is 2.10. The highest BCUT2D eigenvalue weighted by Crippen LogP contribution is 2.22. The number of hydrogen-bond acceptors (Lipinski definition) is 4. The van der Waals surface area contributed by atoms with E-state index in [4.69, 9.17) is 0 Å². The number of aromatic nitrogens is 4. The standard InChI is InChI=1S/C8H7N5/c1-6-2-11-8-7(3-9-4-12-8)13(6)5-10-1/h1,3-5H,2H2,(H,9,11,12). The van der Waals surface area contributed by atoms with Gasteiger partial charge in [-0.2, -0.15) is 0 Å². The van der Waals surface area contributed by atoms with Crippen molar-refractivity contribution in [2.75, 3.05) is 5.32 Å². The van der Waals surface area contributed by atoms with E-state index in [1.54, 1.807) is 12.5 Å². The molecular formula is C8H7N5. The summed E-state index contributed by atoms with van der Waals surface area (Å²) >= 11 is 0. The van der Waals surface area contributed by atoms with Crippen molar-refractivity contribution in [1.29, 1.82) is 0 Å². The maximum atomic E-state index is 4.13. The second-order valence-corrected chi connectivity index (χ2v) is 2.87. The Hall–Kier alpha value is -1.91. The highest BCUT2D eigenvalue weighted by molar-refractivity contribution is 5.57. The van der Waals surface area contributed by atoms with Crippen LogP contribution < -0.4 is 5.32 Å². The Balaban J connectivity index is 2.30. The average Bonchev–Trinajstić information content (AvgIpc) is 2.65. The van der Waals surface area contributed by atoms with E-state index in [2.05, 4.69) is 20.3 Å². The maximum absolute atomic E-state index is 4.13. The Labute approximate surface area is 74.5 Å². The third kappa shape index (κ3) is 0.837. The van der Waals surface area contributed by atoms with Crippen molar-refractivity contribution >= 4 is 5.82 Å². The van der Waals surface area contributed by atoms with E-state index in [0.29, 0.717) is 0 Å². The summed E-state index contributed by atoms with van der Waals surface area (Å²) in [7, 11) is 0. The van der Waals surface area contributed by atoms with Gasteiger partial charge < -0.3 is 5.32 Å². The van der Waals surface area contributed by atoms with Crippen molar-refractivity contribution in [3.8, 4) is 5.69 Å². The van der Waals surface area contributed by atoms with Crippen molar-refractivity contribution in [2.45, 2.75) is 6.54 Å². The maximum Gasteiger partial charge on any atom is 0.154 e. The summed E-state index contributed by atoms with van der Waals surface area (Å²) in [6.07, 6.45) is 6.93. The van der Waals surface area contributed by atoms with E-state index in [-0.39, 0.29) is 0 Å². The van der Waals surface area contributed by atoms with Crippen molar-refractivity contribution in [2.24, 2.45) is 0 Å². The number of rotatable bonds is 0. The summed E-state index contributed by atoms with van der Waals surface area (Å²) in [5.74, 6) is 0.862. The predicted octanol–water partition coefficient (Wildman–Crippen LogP) is 0.588. The molecule has 0 unspecified atom stereocenters. The summed E-state index contributed by atoms with van der Waals surface area (Å²) in [5, 5.41) is 3.19. The lowest BCUT2D eigenvalue weighted by Crippen LogP contribution is -2.15. The van der Waals surface area contributed by atoms with E-state index in [1.807, 2.05) is 10.8 Å². The van der Waals surface area contributed by atoms with Crippen molar-refractivity contribution in [3.63, 3.8) is 0 Å². The van der Waals surface area contributed by atoms with Crippen LogP contribution in [0.5, 0.6) is 0 Å². The Kier molecular flexibility index (Phi) is 1.16. The van der Waals surface area contributed by atoms with Crippen LogP contribution in [0.15, 0.2) is 25.0 Å². The molecule has 0 fully saturated rings. The largest absolute Gasteiger partial charge is 0.363 e. The van der Waals surface area contributed by atoms with Gasteiger partial charge in [-0.3, -0.25) is 4.57 Å². The van der Waals surface area contributed by atoms with Gasteiger partial charge >= 0.3 is 0 Å². The minimum absolute atomic E-state index is 0.768. The molecule has 0 amide bonds. The smallest absolute Gasteiger partial charge is 0.154 e. The monoisotopic (exact) mass is 173 g/mol. The van der Waals surface area contributed by atoms with E-state index in [9.17, 15) is 0 Å². The highest BCUT2D eigenvalue weighted by atomic mass is 15.2. The molecule has 0 atom stereocenters. The Bertz CT molecular complexity index is 447. The predicted molar refractivity (Wildman–Crippen MR) is 46.5 cm³/mol. The SMILES string of the molecule is c1ncc2c(n1)NCc1cncn1-2. The second kappa shape index (κ2) is 2.29. The molecule has 0 saturated carbocycles. The van der Waals surface area contributed by atoms with Crippen LogP contribution >= 0.6 is 0 Å². The molecule has 1 aliphatic heterocycles. The van der Waals surface area contributed by atoms with Crippen molar-refractivity contribution < 1.29 is 0 Å². The van der Waals surface area contributed by atoms with Crippen LogP contribution in [0, 0.1) is 0 Å². The topological polar surface area (TPSA) is 55.6 Å². The minimum Gasteiger partial charge on any atom is -0.363 e. The zero-order valence-electron chi connectivity index (χ0n) is 6.81. The Morgan fingerprint density at radius 1 is 1.31 bits per heavy atom. The molecule has 13 heavy (non-hydrogen) atoms. The van der Waals surface area contributed by atoms with Crippen LogP contribution in [-0.4, -0.2) is 19.5 Å². The highest BCUT2D eigenvalue weighted by Gasteiger charge is 2.14. The number of hydrogen-bond donors (Lipinski definition) is 1. The first-order chi connectivity index (χ1) is 6.45. The Morgan fingerprint density at radius 3 is 3.31 bits per heavy atom. The van der Waals surface area contributed by atoms with Gasteiger partial charge in [0.05, 0.1) is 31.0 Å². The molecule has 5 heteroatoms. The van der Waals surface area contributed by atoms with Crippen LogP contribution in [0.1, 0.15) is 5.69 Å². The molecule has 2 aromatic heterocycles. The lowest BCUT2D eigenvalue weighted by molar-refractivity contribution is 0.876. The van der Waals surface area contributed by atoms with Crippen molar-refractivity contribution in [1.82, 2.24) is 19.5 Å². The molecule has 3 heterocycles. The molecule has 0 bridgehead atoms. The molecule has 0 aromatic carbocycles. The van der Waals surface area contributed by atoms with Crippen LogP contribution in [0.25, 0.3) is 5.69 Å². The quantitative estimate of drug-likeness (QED) is 0.633. The Morgan fingerprint density at radius 2 is 2.31 bits per heavy atom. The summed E-state index contributed by atoms with van der Waals surface area (Å²) in [6, 6.07) is 0. The van der Waals surface area contributed by atoms with Crippen LogP contribution in [-0.2, 0) is 6.54 Å². The number of nitrogens with one attached hydrogen (secondary N) is 1. The van der Waals surface area contributed by atoms with Gasteiger partial charge in [0, 0.05) is 0 Å². The van der Waals surface area contributed by atoms with Gasteiger partial charge in [-0.25, -0.2) is 15.0 Å². The van der Waals surface area contributed by atoms with E-state index >= 15 is 0 Å².